The normalized spacial score (nSPS) is 16.5. The lowest BCUT2D eigenvalue weighted by Gasteiger charge is -2.33. The Morgan fingerprint density at radius 3 is 1.81 bits per heavy atom. The van der Waals surface area contributed by atoms with Crippen molar-refractivity contribution in [3.05, 3.63) is 12.2 Å². The maximum Gasteiger partial charge on any atom is 0.268 e. The fourth-order valence-corrected chi connectivity index (χ4v) is 4.81. The first-order valence-electron chi connectivity index (χ1n) is 14.4. The molecule has 0 aromatic carbocycles. The summed E-state index contributed by atoms with van der Waals surface area (Å²) in [6.45, 7) is 3.51. The number of nitrogens with zero attached hydrogens (tertiary/aromatic N) is 1. The van der Waals surface area contributed by atoms with Crippen molar-refractivity contribution in [3.8, 4) is 0 Å². The van der Waals surface area contributed by atoms with Crippen molar-refractivity contribution in [2.24, 2.45) is 0 Å². The predicted octanol–water partition coefficient (Wildman–Crippen LogP) is 5.30. The lowest BCUT2D eigenvalue weighted by molar-refractivity contribution is -0.870. The van der Waals surface area contributed by atoms with Crippen molar-refractivity contribution in [3.63, 3.8) is 0 Å². The highest BCUT2D eigenvalue weighted by Gasteiger charge is 2.41. The van der Waals surface area contributed by atoms with Crippen molar-refractivity contribution < 1.29 is 38.0 Å². The zero-order chi connectivity index (χ0) is 28.2. The van der Waals surface area contributed by atoms with Gasteiger partial charge in [-0.1, -0.05) is 103 Å². The van der Waals surface area contributed by atoms with Crippen molar-refractivity contribution in [1.82, 2.24) is 0 Å². The molecule has 0 saturated carbocycles. The quantitative estimate of drug-likeness (QED) is 0.0687. The Morgan fingerprint density at radius 2 is 1.38 bits per heavy atom. The van der Waals surface area contributed by atoms with Gasteiger partial charge in [0.2, 0.25) is 0 Å². The molecule has 3 atom stereocenters. The lowest BCUT2D eigenvalue weighted by Crippen LogP contribution is -2.51. The third-order valence-corrected chi connectivity index (χ3v) is 7.57. The van der Waals surface area contributed by atoms with E-state index in [1.165, 1.54) is 76.4 Å². The molecule has 0 aliphatic carbocycles. The van der Waals surface area contributed by atoms with Gasteiger partial charge in [-0.05, 0) is 19.4 Å². The zero-order valence-corrected chi connectivity index (χ0v) is 25.2. The first-order chi connectivity index (χ1) is 17.4. The summed E-state index contributed by atoms with van der Waals surface area (Å²) in [5, 5.41) is 21.5. The van der Waals surface area contributed by atoms with E-state index in [9.17, 15) is 24.5 Å². The molecule has 0 radical (unpaired) electrons. The molecule has 2 unspecified atom stereocenters. The van der Waals surface area contributed by atoms with E-state index in [0.29, 0.717) is 17.4 Å². The maximum atomic E-state index is 12.5. The Hall–Kier alpha value is -0.600. The van der Waals surface area contributed by atoms with E-state index in [-0.39, 0.29) is 13.0 Å². The van der Waals surface area contributed by atoms with Crippen LogP contribution in [0.1, 0.15) is 110 Å². The smallest absolute Gasteiger partial charge is 0.268 e. The minimum atomic E-state index is -4.67. The Labute approximate surface area is 226 Å². The zero-order valence-electron chi connectivity index (χ0n) is 24.3. The minimum Gasteiger partial charge on any atom is -0.756 e. The largest absolute Gasteiger partial charge is 0.756 e. The number of unbranched alkanes of at least 4 members (excludes halogenated alkanes) is 13. The van der Waals surface area contributed by atoms with Crippen LogP contribution in [-0.2, 0) is 18.4 Å². The number of aliphatic hydroxyl groups is 2. The van der Waals surface area contributed by atoms with E-state index < -0.39 is 31.9 Å². The van der Waals surface area contributed by atoms with Crippen LogP contribution in [0.2, 0.25) is 0 Å². The van der Waals surface area contributed by atoms with Gasteiger partial charge in [-0.25, -0.2) is 0 Å². The van der Waals surface area contributed by atoms with Crippen molar-refractivity contribution in [2.75, 3.05) is 40.9 Å². The van der Waals surface area contributed by atoms with Crippen molar-refractivity contribution >= 4 is 13.6 Å². The van der Waals surface area contributed by atoms with Gasteiger partial charge in [-0.15, -0.1) is 0 Å². The Bertz CT molecular complexity index is 665. The van der Waals surface area contributed by atoms with E-state index in [4.69, 9.17) is 9.05 Å². The average Bonchev–Trinajstić information content (AvgIpc) is 2.81. The number of hydrogen-bond acceptors (Lipinski definition) is 7. The monoisotopic (exact) mass is 549 g/mol. The predicted molar refractivity (Wildman–Crippen MR) is 148 cm³/mol. The second kappa shape index (κ2) is 20.3. The molecule has 2 N–H and O–H groups in total. The molecule has 9 heteroatoms. The average molecular weight is 550 g/mol. The van der Waals surface area contributed by atoms with Crippen LogP contribution in [-0.4, -0.2) is 73.1 Å². The molecule has 0 amide bonds. The number of hydrogen-bond donors (Lipinski definition) is 2. The summed E-state index contributed by atoms with van der Waals surface area (Å²) in [5.41, 5.74) is -2.11. The number of phosphoric ester groups is 1. The number of quaternary nitrogens is 1. The Morgan fingerprint density at radius 1 is 0.919 bits per heavy atom. The molecule has 0 aliphatic rings. The van der Waals surface area contributed by atoms with E-state index in [0.717, 1.165) is 19.3 Å². The highest BCUT2D eigenvalue weighted by Crippen LogP contribution is 2.39. The van der Waals surface area contributed by atoms with Gasteiger partial charge in [-0.3, -0.25) is 9.36 Å². The standard InChI is InChI=1S/C28H56NO7P/c1-6-8-9-10-11-12-13-14-15-16-17-18-19-20-22-28(32,26(30)21-7-2)27(31)25-36-37(33,34)35-24-23-29(3,4)5/h7,21,27,31-32H,6,8-20,22-25H2,1-5H3/t27-,28?/m0/s1. The third-order valence-electron chi connectivity index (χ3n) is 6.61. The van der Waals surface area contributed by atoms with E-state index in [1.54, 1.807) is 6.92 Å². The topological polar surface area (TPSA) is 116 Å². The number of carbonyl (C=O) groups is 1. The lowest BCUT2D eigenvalue weighted by atomic mass is 9.86. The second-order valence-electron chi connectivity index (χ2n) is 11.2. The van der Waals surface area contributed by atoms with Crippen LogP contribution in [0.3, 0.4) is 0 Å². The highest BCUT2D eigenvalue weighted by molar-refractivity contribution is 7.45. The number of phosphoric acid groups is 1. The molecule has 0 bridgehead atoms. The van der Waals surface area contributed by atoms with Crippen LogP contribution >= 0.6 is 7.82 Å². The highest BCUT2D eigenvalue weighted by atomic mass is 31.2. The van der Waals surface area contributed by atoms with Crippen molar-refractivity contribution in [1.29, 1.82) is 0 Å². The van der Waals surface area contributed by atoms with E-state index in [2.05, 4.69) is 6.92 Å². The molecular weight excluding hydrogens is 493 g/mol. The molecule has 0 aliphatic heterocycles. The summed E-state index contributed by atoms with van der Waals surface area (Å²) in [6.07, 6.45) is 17.5. The minimum absolute atomic E-state index is 0.0320. The molecule has 0 saturated heterocycles. The third kappa shape index (κ3) is 19.2. The van der Waals surface area contributed by atoms with Gasteiger partial charge in [0.1, 0.15) is 19.3 Å². The summed E-state index contributed by atoms with van der Waals surface area (Å²) < 4.78 is 22.2. The van der Waals surface area contributed by atoms with Crippen molar-refractivity contribution in [2.45, 2.75) is 122 Å². The van der Waals surface area contributed by atoms with Gasteiger partial charge in [0.15, 0.2) is 11.4 Å². The van der Waals surface area contributed by atoms with Crippen LogP contribution in [0.4, 0.5) is 0 Å². The molecule has 220 valence electrons. The second-order valence-corrected chi connectivity index (χ2v) is 12.7. The molecule has 0 aromatic heterocycles. The fourth-order valence-electron chi connectivity index (χ4n) is 4.10. The van der Waals surface area contributed by atoms with Gasteiger partial charge in [0, 0.05) is 0 Å². The molecule has 0 fully saturated rings. The van der Waals surface area contributed by atoms with E-state index >= 15 is 0 Å². The number of allylic oxidation sites excluding steroid dienone is 1. The summed E-state index contributed by atoms with van der Waals surface area (Å²) in [7, 11) is 1.02. The molecule has 37 heavy (non-hydrogen) atoms. The van der Waals surface area contributed by atoms with E-state index in [1.807, 2.05) is 21.1 Å². The summed E-state index contributed by atoms with van der Waals surface area (Å²) in [6, 6.07) is 0. The maximum absolute atomic E-state index is 12.5. The first kappa shape index (κ1) is 36.4. The van der Waals surface area contributed by atoms with Crippen LogP contribution < -0.4 is 4.89 Å². The van der Waals surface area contributed by atoms with Gasteiger partial charge in [0.05, 0.1) is 27.7 Å². The van der Waals surface area contributed by atoms with Crippen LogP contribution in [0.25, 0.3) is 0 Å². The SMILES string of the molecule is CC=CC(=O)C(O)(CCCCCCCCCCCCCCCC)[C@@H](O)COP(=O)([O-])OCC[N+](C)(C)C. The van der Waals surface area contributed by atoms with Gasteiger partial charge in [-0.2, -0.15) is 0 Å². The fraction of sp³-hybridized carbons (Fsp3) is 0.893. The summed E-state index contributed by atoms with van der Waals surface area (Å²) in [5.74, 6) is -0.660. The van der Waals surface area contributed by atoms with Gasteiger partial charge < -0.3 is 28.6 Å². The Balaban J connectivity index is 4.35. The van der Waals surface area contributed by atoms with Crippen LogP contribution in [0, 0.1) is 0 Å². The van der Waals surface area contributed by atoms with Gasteiger partial charge >= 0.3 is 0 Å². The Kier molecular flexibility index (Phi) is 20.0. The number of likely N-dealkylation sites (N-methyl/N-ethyl adjacent to an activating group) is 1. The molecule has 0 rings (SSSR count). The van der Waals surface area contributed by atoms with Crippen LogP contribution in [0.15, 0.2) is 12.2 Å². The number of ketones is 1. The number of carbonyl (C=O) groups excluding carboxylic acids is 1. The van der Waals surface area contributed by atoms with Crippen LogP contribution in [0.5, 0.6) is 0 Å². The molecule has 0 spiro atoms. The number of rotatable bonds is 25. The summed E-state index contributed by atoms with van der Waals surface area (Å²) >= 11 is 0. The number of aliphatic hydroxyl groups excluding tert-OH is 1. The van der Waals surface area contributed by atoms with Gasteiger partial charge in [0.25, 0.3) is 7.82 Å². The summed E-state index contributed by atoms with van der Waals surface area (Å²) in [4.78, 5) is 24.6. The first-order valence-corrected chi connectivity index (χ1v) is 15.8. The molecular formula is C28H56NO7P. The molecule has 0 aromatic rings. The molecule has 0 heterocycles. The molecule has 8 nitrogen and oxygen atoms in total.